The summed E-state index contributed by atoms with van der Waals surface area (Å²) >= 11 is 1.30. The van der Waals surface area contributed by atoms with Gasteiger partial charge in [-0.25, -0.2) is 0 Å². The molecule has 0 saturated carbocycles. The first-order chi connectivity index (χ1) is 12.7. The lowest BCUT2D eigenvalue weighted by Crippen LogP contribution is -2.14. The number of thioether (sulfide) groups is 1. The zero-order valence-corrected chi connectivity index (χ0v) is 15.2. The summed E-state index contributed by atoms with van der Waals surface area (Å²) < 4.78 is 12.3. The molecule has 1 heterocycles. The van der Waals surface area contributed by atoms with E-state index >= 15 is 0 Å². The number of carbonyl (C=O) groups is 1. The molecule has 0 bridgehead atoms. The number of nitrogens with one attached hydrogen (secondary N) is 1. The smallest absolute Gasteiger partial charge is 0.234 e. The first kappa shape index (κ1) is 17.8. The van der Waals surface area contributed by atoms with Crippen LogP contribution in [0.1, 0.15) is 0 Å². The lowest BCUT2D eigenvalue weighted by molar-refractivity contribution is -0.113. The van der Waals surface area contributed by atoms with Gasteiger partial charge in [-0.2, -0.15) is 0 Å². The SMILES string of the molecule is COc1cccc(NC(=O)CSc2nncn2-c2ccccc2OC)c1. The van der Waals surface area contributed by atoms with E-state index in [-0.39, 0.29) is 11.7 Å². The molecule has 0 unspecified atom stereocenters. The van der Waals surface area contributed by atoms with Crippen LogP contribution in [0.5, 0.6) is 11.5 Å². The second-order valence-corrected chi connectivity index (χ2v) is 6.17. The molecule has 0 aliphatic heterocycles. The molecule has 134 valence electrons. The van der Waals surface area contributed by atoms with E-state index in [9.17, 15) is 4.79 Å². The van der Waals surface area contributed by atoms with Crippen LogP contribution in [-0.2, 0) is 4.79 Å². The van der Waals surface area contributed by atoms with Crippen molar-refractivity contribution < 1.29 is 14.3 Å². The van der Waals surface area contributed by atoms with Crippen molar-refractivity contribution in [3.05, 3.63) is 54.9 Å². The van der Waals surface area contributed by atoms with Gasteiger partial charge in [0.05, 0.1) is 25.7 Å². The second kappa shape index (κ2) is 8.39. The molecule has 0 spiro atoms. The highest BCUT2D eigenvalue weighted by molar-refractivity contribution is 7.99. The van der Waals surface area contributed by atoms with E-state index in [1.807, 2.05) is 42.5 Å². The highest BCUT2D eigenvalue weighted by atomic mass is 32.2. The van der Waals surface area contributed by atoms with Crippen molar-refractivity contribution >= 4 is 23.4 Å². The second-order valence-electron chi connectivity index (χ2n) is 5.22. The number of rotatable bonds is 7. The lowest BCUT2D eigenvalue weighted by Gasteiger charge is -2.10. The molecule has 1 amide bonds. The Bertz CT molecular complexity index is 897. The van der Waals surface area contributed by atoms with Crippen molar-refractivity contribution in [3.63, 3.8) is 0 Å². The molecule has 1 aromatic heterocycles. The Morgan fingerprint density at radius 1 is 1.15 bits per heavy atom. The molecule has 0 aliphatic carbocycles. The van der Waals surface area contributed by atoms with Crippen LogP contribution < -0.4 is 14.8 Å². The van der Waals surface area contributed by atoms with E-state index in [0.29, 0.717) is 22.3 Å². The van der Waals surface area contributed by atoms with Crippen LogP contribution >= 0.6 is 11.8 Å². The number of amides is 1. The van der Waals surface area contributed by atoms with E-state index in [1.165, 1.54) is 11.8 Å². The summed E-state index contributed by atoms with van der Waals surface area (Å²) in [5.74, 6) is 1.45. The first-order valence-corrected chi connectivity index (χ1v) is 8.80. The molecule has 3 aromatic rings. The summed E-state index contributed by atoms with van der Waals surface area (Å²) in [4.78, 5) is 12.2. The van der Waals surface area contributed by atoms with E-state index in [2.05, 4.69) is 15.5 Å². The van der Waals surface area contributed by atoms with Crippen molar-refractivity contribution in [1.82, 2.24) is 14.8 Å². The van der Waals surface area contributed by atoms with E-state index in [1.54, 1.807) is 31.2 Å². The fourth-order valence-corrected chi connectivity index (χ4v) is 3.07. The quantitative estimate of drug-likeness (QED) is 0.644. The van der Waals surface area contributed by atoms with Gasteiger partial charge in [0.25, 0.3) is 0 Å². The molecule has 0 aliphatic rings. The van der Waals surface area contributed by atoms with Crippen molar-refractivity contribution in [2.75, 3.05) is 25.3 Å². The summed E-state index contributed by atoms with van der Waals surface area (Å²) in [5.41, 5.74) is 1.50. The normalized spacial score (nSPS) is 10.4. The van der Waals surface area contributed by atoms with Crippen LogP contribution in [0.2, 0.25) is 0 Å². The Morgan fingerprint density at radius 2 is 2.00 bits per heavy atom. The Balaban J connectivity index is 1.67. The largest absolute Gasteiger partial charge is 0.497 e. The molecule has 0 saturated heterocycles. The number of ether oxygens (including phenoxy) is 2. The predicted octanol–water partition coefficient (Wildman–Crippen LogP) is 3.02. The molecule has 26 heavy (non-hydrogen) atoms. The van der Waals surface area contributed by atoms with Crippen LogP contribution in [0.15, 0.2) is 60.0 Å². The average molecular weight is 370 g/mol. The van der Waals surface area contributed by atoms with Gasteiger partial charge in [-0.05, 0) is 24.3 Å². The van der Waals surface area contributed by atoms with Crippen molar-refractivity contribution in [2.24, 2.45) is 0 Å². The van der Waals surface area contributed by atoms with Crippen LogP contribution in [0.3, 0.4) is 0 Å². The molecule has 0 radical (unpaired) electrons. The molecule has 0 atom stereocenters. The van der Waals surface area contributed by atoms with Crippen LogP contribution in [0.4, 0.5) is 5.69 Å². The molecule has 1 N–H and O–H groups in total. The lowest BCUT2D eigenvalue weighted by atomic mass is 10.3. The van der Waals surface area contributed by atoms with Gasteiger partial charge in [-0.1, -0.05) is 30.0 Å². The summed E-state index contributed by atoms with van der Waals surface area (Å²) in [6, 6.07) is 14.8. The number of para-hydroxylation sites is 2. The van der Waals surface area contributed by atoms with Gasteiger partial charge < -0.3 is 14.8 Å². The van der Waals surface area contributed by atoms with Crippen LogP contribution in [0, 0.1) is 0 Å². The van der Waals surface area contributed by atoms with Gasteiger partial charge in [-0.15, -0.1) is 10.2 Å². The Kier molecular flexibility index (Phi) is 5.75. The minimum atomic E-state index is -0.141. The summed E-state index contributed by atoms with van der Waals surface area (Å²) in [6.07, 6.45) is 1.60. The zero-order valence-electron chi connectivity index (χ0n) is 14.4. The average Bonchev–Trinajstić information content (AvgIpc) is 3.15. The van der Waals surface area contributed by atoms with Crippen LogP contribution in [0.25, 0.3) is 5.69 Å². The van der Waals surface area contributed by atoms with E-state index in [4.69, 9.17) is 9.47 Å². The Labute approximate surface area is 155 Å². The predicted molar refractivity (Wildman–Crippen MR) is 100 cm³/mol. The molecule has 0 fully saturated rings. The molecule has 8 heteroatoms. The van der Waals surface area contributed by atoms with Gasteiger partial charge >= 0.3 is 0 Å². The molecular weight excluding hydrogens is 352 g/mol. The number of nitrogens with zero attached hydrogens (tertiary/aromatic N) is 3. The van der Waals surface area contributed by atoms with Gasteiger partial charge in [-0.3, -0.25) is 9.36 Å². The monoisotopic (exact) mass is 370 g/mol. The standard InChI is InChI=1S/C18H18N4O3S/c1-24-14-7-5-6-13(10-14)20-17(23)11-26-18-21-19-12-22(18)15-8-3-4-9-16(15)25-2/h3-10,12H,11H2,1-2H3,(H,20,23). The van der Waals surface area contributed by atoms with Gasteiger partial charge in [0.2, 0.25) is 5.91 Å². The topological polar surface area (TPSA) is 78.3 Å². The maximum atomic E-state index is 12.2. The fourth-order valence-electron chi connectivity index (χ4n) is 2.34. The number of benzene rings is 2. The van der Waals surface area contributed by atoms with E-state index < -0.39 is 0 Å². The fraction of sp³-hybridized carbons (Fsp3) is 0.167. The number of hydrogen-bond acceptors (Lipinski definition) is 6. The third kappa shape index (κ3) is 4.15. The third-order valence-corrected chi connectivity index (χ3v) is 4.49. The molecule has 3 rings (SSSR count). The van der Waals surface area contributed by atoms with E-state index in [0.717, 1.165) is 5.69 Å². The molecule has 2 aromatic carbocycles. The minimum Gasteiger partial charge on any atom is -0.497 e. The highest BCUT2D eigenvalue weighted by Crippen LogP contribution is 2.26. The third-order valence-electron chi connectivity index (χ3n) is 3.55. The number of aromatic nitrogens is 3. The first-order valence-electron chi connectivity index (χ1n) is 7.81. The summed E-state index contributed by atoms with van der Waals surface area (Å²) in [5, 5.41) is 11.5. The maximum Gasteiger partial charge on any atom is 0.234 e. The Morgan fingerprint density at radius 3 is 2.81 bits per heavy atom. The minimum absolute atomic E-state index is 0.141. The number of carbonyl (C=O) groups excluding carboxylic acids is 1. The van der Waals surface area contributed by atoms with Crippen molar-refractivity contribution in [3.8, 4) is 17.2 Å². The van der Waals surface area contributed by atoms with Gasteiger partial charge in [0.15, 0.2) is 5.16 Å². The number of anilines is 1. The van der Waals surface area contributed by atoms with Gasteiger partial charge in [0.1, 0.15) is 17.8 Å². The zero-order chi connectivity index (χ0) is 18.4. The summed E-state index contributed by atoms with van der Waals surface area (Å²) in [7, 11) is 3.19. The number of hydrogen-bond donors (Lipinski definition) is 1. The highest BCUT2D eigenvalue weighted by Gasteiger charge is 2.13. The maximum absolute atomic E-state index is 12.2. The van der Waals surface area contributed by atoms with Crippen LogP contribution in [-0.4, -0.2) is 40.6 Å². The van der Waals surface area contributed by atoms with Crippen molar-refractivity contribution in [2.45, 2.75) is 5.16 Å². The van der Waals surface area contributed by atoms with Crippen molar-refractivity contribution in [1.29, 1.82) is 0 Å². The Hall–Kier alpha value is -3.00. The number of methoxy groups -OCH3 is 2. The van der Waals surface area contributed by atoms with Gasteiger partial charge in [0, 0.05) is 11.8 Å². The molecule has 7 nitrogen and oxygen atoms in total. The molecular formula is C18H18N4O3S. The summed E-state index contributed by atoms with van der Waals surface area (Å²) in [6.45, 7) is 0.